The number of carboxylic acids is 1. The number of hydrogen-bond acceptors (Lipinski definition) is 4. The highest BCUT2D eigenvalue weighted by Gasteiger charge is 2.08. The highest BCUT2D eigenvalue weighted by Crippen LogP contribution is 1.97. The van der Waals surface area contributed by atoms with Crippen LogP contribution in [0.2, 0.25) is 0 Å². The number of pyridine rings is 1. The van der Waals surface area contributed by atoms with Crippen LogP contribution in [0, 0.1) is 0 Å². The number of aliphatic carboxylic acids is 1. The number of amides is 1. The number of carbonyl (C=O) groups excluding carboxylic acids is 1. The third-order valence-electron chi connectivity index (χ3n) is 3.18. The molecular formula is C14H18N4O4. The number of rotatable bonds is 8. The molecule has 0 aliphatic carbocycles. The molecule has 2 rings (SSSR count). The first-order valence-electron chi connectivity index (χ1n) is 7.10. The van der Waals surface area contributed by atoms with Crippen LogP contribution >= 0.6 is 0 Å². The van der Waals surface area contributed by atoms with Crippen LogP contribution in [-0.4, -0.2) is 37.7 Å². The number of nitrogens with one attached hydrogen (secondary N) is 1. The second-order valence-electron chi connectivity index (χ2n) is 4.89. The first kappa shape index (κ1) is 15.7. The van der Waals surface area contributed by atoms with Gasteiger partial charge in [0.05, 0.1) is 6.54 Å². The van der Waals surface area contributed by atoms with Crippen LogP contribution < -0.4 is 11.0 Å². The molecule has 118 valence electrons. The number of carboxylic acid groups (broad SMARTS) is 1. The van der Waals surface area contributed by atoms with E-state index in [4.69, 9.17) is 5.11 Å². The molecule has 2 N–H and O–H groups in total. The fourth-order valence-electron chi connectivity index (χ4n) is 2.04. The van der Waals surface area contributed by atoms with Crippen molar-refractivity contribution in [1.29, 1.82) is 0 Å². The Kier molecular flexibility index (Phi) is 5.29. The number of aromatic nitrogens is 3. The Morgan fingerprint density at radius 3 is 2.77 bits per heavy atom. The lowest BCUT2D eigenvalue weighted by atomic mass is 10.2. The van der Waals surface area contributed by atoms with E-state index in [0.717, 1.165) is 0 Å². The summed E-state index contributed by atoms with van der Waals surface area (Å²) in [7, 11) is 0. The summed E-state index contributed by atoms with van der Waals surface area (Å²) in [6.07, 6.45) is 3.03. The average molecular weight is 306 g/mol. The molecule has 22 heavy (non-hydrogen) atoms. The Morgan fingerprint density at radius 2 is 2.05 bits per heavy atom. The fraction of sp³-hybridized carbons (Fsp3) is 0.429. The van der Waals surface area contributed by atoms with Gasteiger partial charge in [-0.2, -0.15) is 0 Å². The summed E-state index contributed by atoms with van der Waals surface area (Å²) in [5.74, 6) is -1.02. The van der Waals surface area contributed by atoms with E-state index in [9.17, 15) is 14.4 Å². The Hall–Kier alpha value is -2.64. The van der Waals surface area contributed by atoms with Gasteiger partial charge in [0.15, 0.2) is 5.65 Å². The molecule has 0 aliphatic rings. The normalized spacial score (nSPS) is 10.7. The van der Waals surface area contributed by atoms with Gasteiger partial charge in [-0.15, -0.1) is 5.10 Å². The lowest BCUT2D eigenvalue weighted by Crippen LogP contribution is -2.28. The number of aryl methyl sites for hydroxylation is 1. The van der Waals surface area contributed by atoms with Gasteiger partial charge in [0.2, 0.25) is 5.91 Å². The van der Waals surface area contributed by atoms with E-state index < -0.39 is 5.97 Å². The molecule has 0 fully saturated rings. The average Bonchev–Trinajstić information content (AvgIpc) is 2.81. The summed E-state index contributed by atoms with van der Waals surface area (Å²) < 4.78 is 2.68. The van der Waals surface area contributed by atoms with Gasteiger partial charge in [-0.3, -0.25) is 14.0 Å². The van der Waals surface area contributed by atoms with Gasteiger partial charge in [-0.1, -0.05) is 6.07 Å². The standard InChI is InChI=1S/C14H18N4O4/c19-12(15-8-3-1-6-13(20)21)7-10-18-14(22)17-9-4-2-5-11(17)16-18/h2,4-5,9H,1,3,6-8,10H2,(H,15,19)(H,20,21). The van der Waals surface area contributed by atoms with Crippen LogP contribution in [0.25, 0.3) is 5.65 Å². The second-order valence-corrected chi connectivity index (χ2v) is 4.89. The molecule has 2 aromatic heterocycles. The zero-order valence-electron chi connectivity index (χ0n) is 12.1. The van der Waals surface area contributed by atoms with Crippen molar-refractivity contribution >= 4 is 17.5 Å². The Labute approximate surface area is 126 Å². The minimum absolute atomic E-state index is 0.104. The van der Waals surface area contributed by atoms with Gasteiger partial charge >= 0.3 is 11.7 Å². The maximum atomic E-state index is 12.0. The van der Waals surface area contributed by atoms with Crippen molar-refractivity contribution in [1.82, 2.24) is 19.5 Å². The molecule has 2 aromatic rings. The van der Waals surface area contributed by atoms with Gasteiger partial charge in [0.1, 0.15) is 0 Å². The minimum Gasteiger partial charge on any atom is -0.481 e. The second kappa shape index (κ2) is 7.39. The first-order valence-corrected chi connectivity index (χ1v) is 7.10. The molecule has 0 bridgehead atoms. The smallest absolute Gasteiger partial charge is 0.350 e. The van der Waals surface area contributed by atoms with E-state index in [2.05, 4.69) is 10.4 Å². The zero-order chi connectivity index (χ0) is 15.9. The molecule has 2 heterocycles. The summed E-state index contributed by atoms with van der Waals surface area (Å²) in [6.45, 7) is 0.646. The van der Waals surface area contributed by atoms with Gasteiger partial charge in [-0.05, 0) is 25.0 Å². The zero-order valence-corrected chi connectivity index (χ0v) is 12.1. The lowest BCUT2D eigenvalue weighted by molar-refractivity contribution is -0.137. The number of carbonyl (C=O) groups is 2. The maximum absolute atomic E-state index is 12.0. The van der Waals surface area contributed by atoms with Crippen molar-refractivity contribution in [3.63, 3.8) is 0 Å². The predicted molar refractivity (Wildman–Crippen MR) is 78.6 cm³/mol. The molecule has 8 nitrogen and oxygen atoms in total. The van der Waals surface area contributed by atoms with Crippen LogP contribution in [0.1, 0.15) is 25.7 Å². The van der Waals surface area contributed by atoms with Crippen molar-refractivity contribution in [3.05, 3.63) is 34.9 Å². The molecule has 0 aliphatic heterocycles. The minimum atomic E-state index is -0.836. The van der Waals surface area contributed by atoms with Gasteiger partial charge in [0.25, 0.3) is 0 Å². The molecular weight excluding hydrogens is 288 g/mol. The van der Waals surface area contributed by atoms with Crippen molar-refractivity contribution in [2.75, 3.05) is 6.54 Å². The summed E-state index contributed by atoms with van der Waals surface area (Å²) in [4.78, 5) is 34.0. The van der Waals surface area contributed by atoms with E-state index in [-0.39, 0.29) is 31.0 Å². The Morgan fingerprint density at radius 1 is 1.23 bits per heavy atom. The van der Waals surface area contributed by atoms with E-state index in [1.54, 1.807) is 24.4 Å². The molecule has 8 heteroatoms. The highest BCUT2D eigenvalue weighted by atomic mass is 16.4. The largest absolute Gasteiger partial charge is 0.481 e. The number of fused-ring (bicyclic) bond motifs is 1. The summed E-state index contributed by atoms with van der Waals surface area (Å²) >= 11 is 0. The third-order valence-corrected chi connectivity index (χ3v) is 3.18. The molecule has 0 atom stereocenters. The Balaban J connectivity index is 1.77. The van der Waals surface area contributed by atoms with Crippen LogP contribution in [0.5, 0.6) is 0 Å². The number of nitrogens with zero attached hydrogens (tertiary/aromatic N) is 3. The number of unbranched alkanes of at least 4 members (excludes halogenated alkanes) is 1. The van der Waals surface area contributed by atoms with Crippen LogP contribution in [0.15, 0.2) is 29.2 Å². The van der Waals surface area contributed by atoms with E-state index >= 15 is 0 Å². The lowest BCUT2D eigenvalue weighted by Gasteiger charge is -2.04. The van der Waals surface area contributed by atoms with Crippen molar-refractivity contribution < 1.29 is 14.7 Å². The van der Waals surface area contributed by atoms with Crippen LogP contribution in [0.3, 0.4) is 0 Å². The maximum Gasteiger partial charge on any atom is 0.350 e. The quantitative estimate of drug-likeness (QED) is 0.680. The first-order chi connectivity index (χ1) is 10.6. The molecule has 0 saturated heterocycles. The SMILES string of the molecule is O=C(O)CCCCNC(=O)CCn1nc2ccccn2c1=O. The molecule has 0 aromatic carbocycles. The third kappa shape index (κ3) is 4.18. The monoisotopic (exact) mass is 306 g/mol. The summed E-state index contributed by atoms with van der Waals surface area (Å²) in [6, 6.07) is 5.25. The summed E-state index contributed by atoms with van der Waals surface area (Å²) in [5, 5.41) is 15.3. The van der Waals surface area contributed by atoms with Crippen LogP contribution in [-0.2, 0) is 16.1 Å². The fourth-order valence-corrected chi connectivity index (χ4v) is 2.04. The van der Waals surface area contributed by atoms with E-state index in [0.29, 0.717) is 25.0 Å². The van der Waals surface area contributed by atoms with Gasteiger partial charge in [0, 0.05) is 25.6 Å². The topological polar surface area (TPSA) is 106 Å². The summed E-state index contributed by atoms with van der Waals surface area (Å²) in [5.41, 5.74) is 0.270. The molecule has 1 amide bonds. The van der Waals surface area contributed by atoms with E-state index in [1.165, 1.54) is 9.08 Å². The Bertz CT molecular complexity index is 719. The van der Waals surface area contributed by atoms with Gasteiger partial charge < -0.3 is 10.4 Å². The van der Waals surface area contributed by atoms with Crippen molar-refractivity contribution in [3.8, 4) is 0 Å². The van der Waals surface area contributed by atoms with Gasteiger partial charge in [-0.25, -0.2) is 9.48 Å². The molecule has 0 unspecified atom stereocenters. The van der Waals surface area contributed by atoms with Crippen molar-refractivity contribution in [2.45, 2.75) is 32.2 Å². The predicted octanol–water partition coefficient (Wildman–Crippen LogP) is 0.257. The molecule has 0 radical (unpaired) electrons. The highest BCUT2D eigenvalue weighted by molar-refractivity contribution is 5.75. The van der Waals surface area contributed by atoms with Crippen molar-refractivity contribution in [2.24, 2.45) is 0 Å². The van der Waals surface area contributed by atoms with Crippen LogP contribution in [0.4, 0.5) is 0 Å². The number of hydrogen-bond donors (Lipinski definition) is 2. The molecule has 0 spiro atoms. The molecule has 0 saturated carbocycles. The van der Waals surface area contributed by atoms with E-state index in [1.807, 2.05) is 0 Å².